The molecule has 0 fully saturated rings. The fourth-order valence-corrected chi connectivity index (χ4v) is 2.71. The van der Waals surface area contributed by atoms with Crippen molar-refractivity contribution in [2.45, 2.75) is 13.5 Å². The second-order valence-corrected chi connectivity index (χ2v) is 5.97. The van der Waals surface area contributed by atoms with Crippen LogP contribution in [0.1, 0.15) is 21.7 Å². The number of aryl methyl sites for hydroxylation is 1. The zero-order valence-corrected chi connectivity index (χ0v) is 13.9. The number of aromatic nitrogens is 2. The summed E-state index contributed by atoms with van der Waals surface area (Å²) < 4.78 is 5.33. The molecule has 0 bridgehead atoms. The van der Waals surface area contributed by atoms with Gasteiger partial charge < -0.3 is 9.84 Å². The number of rotatable bonds is 3. The summed E-state index contributed by atoms with van der Waals surface area (Å²) in [4.78, 5) is 16.5. The van der Waals surface area contributed by atoms with Crippen LogP contribution in [0.2, 0.25) is 5.02 Å². The molecule has 1 amide bonds. The van der Waals surface area contributed by atoms with Crippen LogP contribution in [-0.4, -0.2) is 16.0 Å². The Kier molecular flexibility index (Phi) is 3.77. The number of hydrogen-bond donors (Lipinski definition) is 1. The number of hydrogen-bond acceptors (Lipinski definition) is 6. The lowest BCUT2D eigenvalue weighted by Crippen LogP contribution is -2.13. The van der Waals surface area contributed by atoms with Crippen LogP contribution in [0.4, 0.5) is 11.4 Å². The number of benzene rings is 1. The maximum absolute atomic E-state index is 12.4. The molecule has 1 aromatic carbocycles. The van der Waals surface area contributed by atoms with Crippen molar-refractivity contribution in [3.8, 4) is 11.3 Å². The standard InChI is InChI=1S/C17H12ClN5O2/c1-9-13(5-11(18)8-19-9)21-17(24)14-6-15(25-23-14)12-4-2-3-10-7-20-22-16(10)12/h2-6,8H,7H2,1H3,(H,21,24). The van der Waals surface area contributed by atoms with E-state index in [0.717, 1.165) is 16.8 Å². The smallest absolute Gasteiger partial charge is 0.277 e. The number of halogens is 1. The lowest BCUT2D eigenvalue weighted by atomic mass is 10.1. The average molecular weight is 354 g/mol. The summed E-state index contributed by atoms with van der Waals surface area (Å²) in [6.07, 6.45) is 1.52. The van der Waals surface area contributed by atoms with E-state index in [1.807, 2.05) is 18.2 Å². The molecule has 0 aliphatic carbocycles. The Labute approximate surface area is 147 Å². The number of carbonyl (C=O) groups is 1. The van der Waals surface area contributed by atoms with E-state index in [2.05, 4.69) is 25.7 Å². The first-order valence-corrected chi connectivity index (χ1v) is 7.89. The van der Waals surface area contributed by atoms with Crippen LogP contribution in [0.3, 0.4) is 0 Å². The molecule has 0 atom stereocenters. The zero-order valence-electron chi connectivity index (χ0n) is 13.2. The SMILES string of the molecule is Cc1ncc(Cl)cc1NC(=O)c1cc(-c2cccc3c2N=NC3)on1. The quantitative estimate of drug-likeness (QED) is 0.747. The normalized spacial score (nSPS) is 12.2. The van der Waals surface area contributed by atoms with Gasteiger partial charge in [-0.3, -0.25) is 9.78 Å². The Balaban J connectivity index is 1.61. The van der Waals surface area contributed by atoms with Crippen LogP contribution in [-0.2, 0) is 6.54 Å². The van der Waals surface area contributed by atoms with Crippen molar-refractivity contribution >= 4 is 28.9 Å². The third kappa shape index (κ3) is 2.89. The number of azo groups is 1. The molecule has 1 aliphatic heterocycles. The molecule has 25 heavy (non-hydrogen) atoms. The number of nitrogens with one attached hydrogen (secondary N) is 1. The third-order valence-corrected chi connectivity index (χ3v) is 4.05. The second-order valence-electron chi connectivity index (χ2n) is 5.53. The molecule has 3 heterocycles. The van der Waals surface area contributed by atoms with Gasteiger partial charge in [-0.2, -0.15) is 10.2 Å². The van der Waals surface area contributed by atoms with Crippen molar-refractivity contribution in [2.75, 3.05) is 5.32 Å². The van der Waals surface area contributed by atoms with Crippen LogP contribution >= 0.6 is 11.6 Å². The summed E-state index contributed by atoms with van der Waals surface area (Å²) in [6.45, 7) is 2.32. The Morgan fingerprint density at radius 1 is 1.32 bits per heavy atom. The number of pyridine rings is 1. The van der Waals surface area contributed by atoms with E-state index < -0.39 is 5.91 Å². The Morgan fingerprint density at radius 2 is 2.20 bits per heavy atom. The Morgan fingerprint density at radius 3 is 3.08 bits per heavy atom. The van der Waals surface area contributed by atoms with Gasteiger partial charge in [0.25, 0.3) is 5.91 Å². The average Bonchev–Trinajstić information content (AvgIpc) is 3.26. The highest BCUT2D eigenvalue weighted by molar-refractivity contribution is 6.30. The Hall–Kier alpha value is -3.06. The zero-order chi connectivity index (χ0) is 17.4. The summed E-state index contributed by atoms with van der Waals surface area (Å²) in [6, 6.07) is 8.92. The van der Waals surface area contributed by atoms with Crippen molar-refractivity contribution in [2.24, 2.45) is 10.2 Å². The van der Waals surface area contributed by atoms with E-state index in [9.17, 15) is 4.79 Å². The lowest BCUT2D eigenvalue weighted by molar-refractivity contribution is 0.101. The minimum Gasteiger partial charge on any atom is -0.355 e. The predicted octanol–water partition coefficient (Wildman–Crippen LogP) is 4.55. The first kappa shape index (κ1) is 15.5. The maximum Gasteiger partial charge on any atom is 0.277 e. The molecule has 7 nitrogen and oxygen atoms in total. The van der Waals surface area contributed by atoms with Crippen molar-refractivity contribution in [1.29, 1.82) is 0 Å². The number of anilines is 1. The van der Waals surface area contributed by atoms with Crippen molar-refractivity contribution in [3.05, 3.63) is 58.5 Å². The van der Waals surface area contributed by atoms with Gasteiger partial charge in [-0.05, 0) is 19.1 Å². The molecule has 124 valence electrons. The topological polar surface area (TPSA) is 92.7 Å². The summed E-state index contributed by atoms with van der Waals surface area (Å²) in [5.74, 6) is 0.0557. The molecule has 1 aliphatic rings. The van der Waals surface area contributed by atoms with Crippen LogP contribution in [0.25, 0.3) is 11.3 Å². The van der Waals surface area contributed by atoms with Gasteiger partial charge in [-0.1, -0.05) is 28.9 Å². The van der Waals surface area contributed by atoms with E-state index in [0.29, 0.717) is 28.7 Å². The molecule has 0 radical (unpaired) electrons. The number of amides is 1. The molecule has 0 spiro atoms. The van der Waals surface area contributed by atoms with Gasteiger partial charge >= 0.3 is 0 Å². The van der Waals surface area contributed by atoms with Crippen molar-refractivity contribution in [3.63, 3.8) is 0 Å². The van der Waals surface area contributed by atoms with Gasteiger partial charge in [0.2, 0.25) is 0 Å². The molecule has 0 saturated heterocycles. The largest absolute Gasteiger partial charge is 0.355 e. The minimum absolute atomic E-state index is 0.155. The number of fused-ring (bicyclic) bond motifs is 1. The second kappa shape index (κ2) is 6.10. The first-order valence-electron chi connectivity index (χ1n) is 7.52. The first-order chi connectivity index (χ1) is 12.1. The third-order valence-electron chi connectivity index (χ3n) is 3.84. The highest BCUT2D eigenvalue weighted by atomic mass is 35.5. The summed E-state index contributed by atoms with van der Waals surface area (Å²) in [5.41, 5.74) is 3.85. The van der Waals surface area contributed by atoms with Crippen molar-refractivity contribution in [1.82, 2.24) is 10.1 Å². The molecular weight excluding hydrogens is 342 g/mol. The monoisotopic (exact) mass is 353 g/mol. The van der Waals surface area contributed by atoms with Gasteiger partial charge in [0.1, 0.15) is 5.69 Å². The molecule has 8 heteroatoms. The molecule has 0 saturated carbocycles. The molecule has 4 rings (SSSR count). The van der Waals surface area contributed by atoms with Gasteiger partial charge in [0.15, 0.2) is 11.5 Å². The molecule has 3 aromatic rings. The minimum atomic E-state index is -0.406. The fraction of sp³-hybridized carbons (Fsp3) is 0.118. The van der Waals surface area contributed by atoms with Crippen LogP contribution in [0, 0.1) is 6.92 Å². The van der Waals surface area contributed by atoms with Crippen molar-refractivity contribution < 1.29 is 9.32 Å². The fourth-order valence-electron chi connectivity index (χ4n) is 2.55. The number of nitrogens with zero attached hydrogens (tertiary/aromatic N) is 4. The van der Waals surface area contributed by atoms with E-state index in [1.54, 1.807) is 19.1 Å². The summed E-state index contributed by atoms with van der Waals surface area (Å²) in [7, 11) is 0. The molecule has 1 N–H and O–H groups in total. The Bertz CT molecular complexity index is 1010. The van der Waals surface area contributed by atoms with Crippen LogP contribution < -0.4 is 5.32 Å². The highest BCUT2D eigenvalue weighted by Crippen LogP contribution is 2.37. The van der Waals surface area contributed by atoms with E-state index in [1.165, 1.54) is 6.20 Å². The lowest BCUT2D eigenvalue weighted by Gasteiger charge is -2.05. The number of carbonyl (C=O) groups excluding carboxylic acids is 1. The molecule has 2 aromatic heterocycles. The maximum atomic E-state index is 12.4. The van der Waals surface area contributed by atoms with Gasteiger partial charge in [-0.15, -0.1) is 0 Å². The molecular formula is C17H12ClN5O2. The van der Waals surface area contributed by atoms with E-state index >= 15 is 0 Å². The highest BCUT2D eigenvalue weighted by Gasteiger charge is 2.20. The summed E-state index contributed by atoms with van der Waals surface area (Å²) in [5, 5.41) is 15.2. The van der Waals surface area contributed by atoms with E-state index in [4.69, 9.17) is 16.1 Å². The molecule has 0 unspecified atom stereocenters. The van der Waals surface area contributed by atoms with Gasteiger partial charge in [0, 0.05) is 23.4 Å². The van der Waals surface area contributed by atoms with E-state index in [-0.39, 0.29) is 5.69 Å². The van der Waals surface area contributed by atoms with Crippen LogP contribution in [0.5, 0.6) is 0 Å². The van der Waals surface area contributed by atoms with Gasteiger partial charge in [0.05, 0.1) is 22.9 Å². The predicted molar refractivity (Wildman–Crippen MR) is 92.1 cm³/mol. The van der Waals surface area contributed by atoms with Gasteiger partial charge in [-0.25, -0.2) is 0 Å². The summed E-state index contributed by atoms with van der Waals surface area (Å²) >= 11 is 5.92. The van der Waals surface area contributed by atoms with Crippen LogP contribution in [0.15, 0.2) is 51.3 Å².